The van der Waals surface area contributed by atoms with Crippen molar-refractivity contribution >= 4 is 33.9 Å². The van der Waals surface area contributed by atoms with Crippen LogP contribution in [0.2, 0.25) is 5.02 Å². The average Bonchev–Trinajstić information content (AvgIpc) is 2.65. The SMILES string of the molecule is O=[N+]([O-])c1ccc(C(O)C(CO)Nc2ccnc3cc(Cl)ccc23)cc1. The summed E-state index contributed by atoms with van der Waals surface area (Å²) in [7, 11) is 0. The van der Waals surface area contributed by atoms with Crippen LogP contribution in [0.25, 0.3) is 10.9 Å². The Morgan fingerprint density at radius 2 is 1.92 bits per heavy atom. The van der Waals surface area contributed by atoms with Gasteiger partial charge in [-0.05, 0) is 42.0 Å². The van der Waals surface area contributed by atoms with Crippen LogP contribution in [-0.4, -0.2) is 32.8 Å². The monoisotopic (exact) mass is 373 g/mol. The lowest BCUT2D eigenvalue weighted by Crippen LogP contribution is -2.31. The van der Waals surface area contributed by atoms with Crippen molar-refractivity contribution in [3.05, 3.63) is 75.4 Å². The van der Waals surface area contributed by atoms with Crippen molar-refractivity contribution < 1.29 is 15.1 Å². The Morgan fingerprint density at radius 1 is 1.19 bits per heavy atom. The summed E-state index contributed by atoms with van der Waals surface area (Å²) in [5.41, 5.74) is 1.77. The zero-order valence-corrected chi connectivity index (χ0v) is 14.3. The largest absolute Gasteiger partial charge is 0.394 e. The number of aromatic nitrogens is 1. The second-order valence-corrected chi connectivity index (χ2v) is 6.18. The minimum Gasteiger partial charge on any atom is -0.394 e. The number of halogens is 1. The number of nitro benzene ring substituents is 1. The molecular formula is C18H16ClN3O4. The molecule has 0 radical (unpaired) electrons. The van der Waals surface area contributed by atoms with Crippen molar-refractivity contribution in [3.63, 3.8) is 0 Å². The van der Waals surface area contributed by atoms with E-state index in [4.69, 9.17) is 11.6 Å². The van der Waals surface area contributed by atoms with Gasteiger partial charge in [-0.3, -0.25) is 15.1 Å². The number of pyridine rings is 1. The van der Waals surface area contributed by atoms with Gasteiger partial charge in [-0.15, -0.1) is 0 Å². The van der Waals surface area contributed by atoms with E-state index in [0.29, 0.717) is 21.8 Å². The van der Waals surface area contributed by atoms with Gasteiger partial charge in [0.15, 0.2) is 0 Å². The number of benzene rings is 2. The molecule has 0 aliphatic carbocycles. The van der Waals surface area contributed by atoms with E-state index in [0.717, 1.165) is 5.39 Å². The number of rotatable bonds is 6. The average molecular weight is 374 g/mol. The molecule has 26 heavy (non-hydrogen) atoms. The van der Waals surface area contributed by atoms with Crippen molar-refractivity contribution in [2.24, 2.45) is 0 Å². The van der Waals surface area contributed by atoms with Crippen LogP contribution in [0.4, 0.5) is 11.4 Å². The molecule has 2 aromatic carbocycles. The van der Waals surface area contributed by atoms with E-state index >= 15 is 0 Å². The maximum atomic E-state index is 10.7. The molecule has 1 aromatic heterocycles. The first-order valence-corrected chi connectivity index (χ1v) is 8.21. The van der Waals surface area contributed by atoms with Gasteiger partial charge < -0.3 is 15.5 Å². The van der Waals surface area contributed by atoms with Crippen LogP contribution in [0.3, 0.4) is 0 Å². The zero-order chi connectivity index (χ0) is 18.7. The fourth-order valence-corrected chi connectivity index (χ4v) is 2.86. The third kappa shape index (κ3) is 3.75. The Bertz CT molecular complexity index is 933. The molecule has 2 atom stereocenters. The summed E-state index contributed by atoms with van der Waals surface area (Å²) in [5.74, 6) is 0. The standard InChI is InChI=1S/C18H16ClN3O4/c19-12-3-6-14-15(7-8-20-16(14)9-12)21-17(10-23)18(24)11-1-4-13(5-2-11)22(25)26/h1-9,17-18,23-24H,10H2,(H,20,21). The van der Waals surface area contributed by atoms with Crippen molar-refractivity contribution in [1.29, 1.82) is 0 Å². The lowest BCUT2D eigenvalue weighted by atomic mass is 10.0. The van der Waals surface area contributed by atoms with Crippen LogP contribution in [0.15, 0.2) is 54.7 Å². The number of aliphatic hydroxyl groups is 2. The van der Waals surface area contributed by atoms with Gasteiger partial charge >= 0.3 is 0 Å². The number of fused-ring (bicyclic) bond motifs is 1. The van der Waals surface area contributed by atoms with Crippen LogP contribution >= 0.6 is 11.6 Å². The highest BCUT2D eigenvalue weighted by atomic mass is 35.5. The normalized spacial score (nSPS) is 13.3. The first kappa shape index (κ1) is 18.1. The third-order valence-corrected chi connectivity index (χ3v) is 4.30. The van der Waals surface area contributed by atoms with Gasteiger partial charge in [-0.2, -0.15) is 0 Å². The Labute approximate surface area is 154 Å². The number of nitrogens with one attached hydrogen (secondary N) is 1. The molecule has 0 aliphatic heterocycles. The molecule has 0 aliphatic rings. The van der Waals surface area contributed by atoms with Crippen LogP contribution < -0.4 is 5.32 Å². The summed E-state index contributed by atoms with van der Waals surface area (Å²) < 4.78 is 0. The summed E-state index contributed by atoms with van der Waals surface area (Å²) in [6, 6.07) is 11.9. The molecule has 1 heterocycles. The Hall–Kier alpha value is -2.74. The quantitative estimate of drug-likeness (QED) is 0.452. The summed E-state index contributed by atoms with van der Waals surface area (Å²) >= 11 is 5.98. The fourth-order valence-electron chi connectivity index (χ4n) is 2.70. The molecule has 0 saturated heterocycles. The van der Waals surface area contributed by atoms with Gasteiger partial charge in [0.2, 0.25) is 0 Å². The van der Waals surface area contributed by atoms with Gasteiger partial charge in [-0.25, -0.2) is 0 Å². The number of nitrogens with zero attached hydrogens (tertiary/aromatic N) is 2. The number of hydrogen-bond donors (Lipinski definition) is 3. The number of nitro groups is 1. The second kappa shape index (κ2) is 7.65. The molecule has 3 aromatic rings. The van der Waals surface area contributed by atoms with Crippen molar-refractivity contribution in [3.8, 4) is 0 Å². The lowest BCUT2D eigenvalue weighted by molar-refractivity contribution is -0.384. The molecule has 0 fully saturated rings. The predicted octanol–water partition coefficient (Wildman–Crippen LogP) is 3.30. The molecule has 3 N–H and O–H groups in total. The minimum atomic E-state index is -1.06. The van der Waals surface area contributed by atoms with Gasteiger partial charge in [-0.1, -0.05) is 11.6 Å². The molecule has 7 nitrogen and oxygen atoms in total. The van der Waals surface area contributed by atoms with E-state index in [1.165, 1.54) is 24.3 Å². The lowest BCUT2D eigenvalue weighted by Gasteiger charge is -2.24. The van der Waals surface area contributed by atoms with E-state index in [-0.39, 0.29) is 12.3 Å². The molecule has 0 saturated carbocycles. The second-order valence-electron chi connectivity index (χ2n) is 5.75. The van der Waals surface area contributed by atoms with Crippen LogP contribution in [0, 0.1) is 10.1 Å². The van der Waals surface area contributed by atoms with Gasteiger partial charge in [0.1, 0.15) is 6.10 Å². The van der Waals surface area contributed by atoms with E-state index < -0.39 is 17.1 Å². The Balaban J connectivity index is 1.86. The molecule has 3 rings (SSSR count). The maximum Gasteiger partial charge on any atom is 0.269 e. The number of anilines is 1. The van der Waals surface area contributed by atoms with Crippen LogP contribution in [0.1, 0.15) is 11.7 Å². The maximum absolute atomic E-state index is 10.7. The van der Waals surface area contributed by atoms with E-state index in [1.54, 1.807) is 30.5 Å². The Morgan fingerprint density at radius 3 is 2.58 bits per heavy atom. The van der Waals surface area contributed by atoms with Crippen molar-refractivity contribution in [2.75, 3.05) is 11.9 Å². The summed E-state index contributed by atoms with van der Waals surface area (Å²) in [4.78, 5) is 14.5. The summed E-state index contributed by atoms with van der Waals surface area (Å²) in [6.07, 6.45) is 0.546. The molecular weight excluding hydrogens is 358 g/mol. The smallest absolute Gasteiger partial charge is 0.269 e. The highest BCUT2D eigenvalue weighted by molar-refractivity contribution is 6.31. The number of non-ortho nitro benzene ring substituents is 1. The fraction of sp³-hybridized carbons (Fsp3) is 0.167. The highest BCUT2D eigenvalue weighted by Crippen LogP contribution is 2.28. The molecule has 134 valence electrons. The number of hydrogen-bond acceptors (Lipinski definition) is 6. The van der Waals surface area contributed by atoms with Gasteiger partial charge in [0.05, 0.1) is 23.1 Å². The molecule has 8 heteroatoms. The topological polar surface area (TPSA) is 109 Å². The van der Waals surface area contributed by atoms with E-state index in [2.05, 4.69) is 10.3 Å². The first-order valence-electron chi connectivity index (χ1n) is 7.83. The molecule has 0 bridgehead atoms. The Kier molecular flexibility index (Phi) is 5.32. The molecule has 2 unspecified atom stereocenters. The van der Waals surface area contributed by atoms with Gasteiger partial charge in [0, 0.05) is 34.4 Å². The van der Waals surface area contributed by atoms with Crippen LogP contribution in [0.5, 0.6) is 0 Å². The minimum absolute atomic E-state index is 0.0635. The zero-order valence-electron chi connectivity index (χ0n) is 13.5. The van der Waals surface area contributed by atoms with E-state index in [9.17, 15) is 20.3 Å². The molecule has 0 amide bonds. The van der Waals surface area contributed by atoms with Crippen LogP contribution in [-0.2, 0) is 0 Å². The van der Waals surface area contributed by atoms with Crippen molar-refractivity contribution in [2.45, 2.75) is 12.1 Å². The molecule has 0 spiro atoms. The summed E-state index contributed by atoms with van der Waals surface area (Å²) in [6.45, 7) is -0.338. The predicted molar refractivity (Wildman–Crippen MR) is 99.3 cm³/mol. The highest BCUT2D eigenvalue weighted by Gasteiger charge is 2.21. The first-order chi connectivity index (χ1) is 12.5. The van der Waals surface area contributed by atoms with Crippen molar-refractivity contribution in [1.82, 2.24) is 4.98 Å². The summed E-state index contributed by atoms with van der Waals surface area (Å²) in [5, 5.41) is 35.5. The van der Waals surface area contributed by atoms with E-state index in [1.807, 2.05) is 0 Å². The number of aliphatic hydroxyl groups excluding tert-OH is 2. The third-order valence-electron chi connectivity index (χ3n) is 4.07. The van der Waals surface area contributed by atoms with Gasteiger partial charge in [0.25, 0.3) is 5.69 Å².